The molecule has 0 bridgehead atoms. The average Bonchev–Trinajstić information content (AvgIpc) is 2.83. The quantitative estimate of drug-likeness (QED) is 0.406. The first-order chi connectivity index (χ1) is 16.8. The standard InChI is InChI=1S/C27H27F3N2O3/c28-27(29,30)35-24-12-5-4-11-23(24)25(20-8-2-1-3-9-20)31-22-10-6-7-19(17-22)18-32-15-13-21(14-16-32)26(33)34/h1-12,17,21,25,31H,13-16,18H2,(H,33,34). The van der Waals surface area contributed by atoms with Gasteiger partial charge in [0.05, 0.1) is 12.0 Å². The molecule has 5 nitrogen and oxygen atoms in total. The van der Waals surface area contributed by atoms with E-state index < -0.39 is 18.4 Å². The molecular formula is C27H27F3N2O3. The van der Waals surface area contributed by atoms with Gasteiger partial charge in [0.15, 0.2) is 0 Å². The summed E-state index contributed by atoms with van der Waals surface area (Å²) >= 11 is 0. The fourth-order valence-electron chi connectivity index (χ4n) is 4.45. The molecule has 4 rings (SSSR count). The Kier molecular flexibility index (Phi) is 7.60. The zero-order valence-electron chi connectivity index (χ0n) is 19.0. The summed E-state index contributed by atoms with van der Waals surface area (Å²) < 4.78 is 43.6. The molecule has 1 aliphatic rings. The van der Waals surface area contributed by atoms with Crippen LogP contribution in [0, 0.1) is 5.92 Å². The third-order valence-electron chi connectivity index (χ3n) is 6.17. The molecule has 1 atom stereocenters. The molecule has 0 spiro atoms. The number of carbonyl (C=O) groups is 1. The Morgan fingerprint density at radius 2 is 1.69 bits per heavy atom. The van der Waals surface area contributed by atoms with Crippen molar-refractivity contribution in [3.8, 4) is 5.75 Å². The van der Waals surface area contributed by atoms with Gasteiger partial charge in [-0.2, -0.15) is 0 Å². The fourth-order valence-corrected chi connectivity index (χ4v) is 4.45. The van der Waals surface area contributed by atoms with Crippen molar-refractivity contribution in [1.29, 1.82) is 0 Å². The highest BCUT2D eigenvalue weighted by molar-refractivity contribution is 5.70. The maximum absolute atomic E-state index is 13.1. The van der Waals surface area contributed by atoms with Gasteiger partial charge in [-0.25, -0.2) is 0 Å². The number of aliphatic carboxylic acids is 1. The minimum Gasteiger partial charge on any atom is -0.481 e. The first-order valence-electron chi connectivity index (χ1n) is 11.5. The van der Waals surface area contributed by atoms with Crippen LogP contribution in [0.4, 0.5) is 18.9 Å². The van der Waals surface area contributed by atoms with Crippen molar-refractivity contribution in [2.45, 2.75) is 31.8 Å². The second-order valence-corrected chi connectivity index (χ2v) is 8.66. The second kappa shape index (κ2) is 10.8. The predicted octanol–water partition coefficient (Wildman–Crippen LogP) is 6.08. The highest BCUT2D eigenvalue weighted by Gasteiger charge is 2.33. The van der Waals surface area contributed by atoms with Crippen LogP contribution in [0.5, 0.6) is 5.75 Å². The molecule has 1 aliphatic heterocycles. The number of carboxylic acid groups (broad SMARTS) is 1. The van der Waals surface area contributed by atoms with Crippen molar-refractivity contribution in [1.82, 2.24) is 4.90 Å². The van der Waals surface area contributed by atoms with Gasteiger partial charge in [-0.1, -0.05) is 60.7 Å². The maximum Gasteiger partial charge on any atom is 0.573 e. The molecule has 1 unspecified atom stereocenters. The molecule has 0 amide bonds. The summed E-state index contributed by atoms with van der Waals surface area (Å²) in [6.07, 6.45) is -3.55. The lowest BCUT2D eigenvalue weighted by atomic mass is 9.96. The van der Waals surface area contributed by atoms with Gasteiger partial charge in [0, 0.05) is 17.8 Å². The summed E-state index contributed by atoms with van der Waals surface area (Å²) in [6, 6.07) is 22.6. The number of hydrogen-bond donors (Lipinski definition) is 2. The monoisotopic (exact) mass is 484 g/mol. The zero-order valence-corrected chi connectivity index (χ0v) is 19.0. The molecule has 35 heavy (non-hydrogen) atoms. The largest absolute Gasteiger partial charge is 0.573 e. The molecule has 8 heteroatoms. The van der Waals surface area contributed by atoms with Crippen LogP contribution < -0.4 is 10.1 Å². The Labute approximate surface area is 202 Å². The van der Waals surface area contributed by atoms with Crippen LogP contribution in [-0.4, -0.2) is 35.4 Å². The Morgan fingerprint density at radius 3 is 2.37 bits per heavy atom. The first-order valence-corrected chi connectivity index (χ1v) is 11.5. The van der Waals surface area contributed by atoms with Gasteiger partial charge >= 0.3 is 12.3 Å². The number of piperidine rings is 1. The zero-order chi connectivity index (χ0) is 24.8. The third-order valence-corrected chi connectivity index (χ3v) is 6.17. The molecule has 1 saturated heterocycles. The fraction of sp³-hybridized carbons (Fsp3) is 0.296. The molecule has 2 N–H and O–H groups in total. The number of halogens is 3. The summed E-state index contributed by atoms with van der Waals surface area (Å²) in [5, 5.41) is 12.6. The van der Waals surface area contributed by atoms with E-state index in [2.05, 4.69) is 15.0 Å². The number of rotatable bonds is 8. The minimum absolute atomic E-state index is 0.251. The van der Waals surface area contributed by atoms with Crippen LogP contribution in [0.2, 0.25) is 0 Å². The van der Waals surface area contributed by atoms with Crippen molar-refractivity contribution in [2.24, 2.45) is 5.92 Å². The topological polar surface area (TPSA) is 61.8 Å². The van der Waals surface area contributed by atoms with E-state index in [0.717, 1.165) is 16.8 Å². The van der Waals surface area contributed by atoms with Crippen molar-refractivity contribution < 1.29 is 27.8 Å². The lowest BCUT2D eigenvalue weighted by Crippen LogP contribution is -2.35. The number of anilines is 1. The smallest absolute Gasteiger partial charge is 0.481 e. The van der Waals surface area contributed by atoms with E-state index in [1.54, 1.807) is 12.1 Å². The summed E-state index contributed by atoms with van der Waals surface area (Å²) in [5.74, 6) is -1.28. The number of alkyl halides is 3. The van der Waals surface area contributed by atoms with E-state index in [9.17, 15) is 23.1 Å². The third kappa shape index (κ3) is 6.76. The molecular weight excluding hydrogens is 457 g/mol. The van der Waals surface area contributed by atoms with Crippen molar-refractivity contribution in [3.63, 3.8) is 0 Å². The molecule has 3 aromatic carbocycles. The van der Waals surface area contributed by atoms with E-state index in [1.165, 1.54) is 12.1 Å². The van der Waals surface area contributed by atoms with Crippen molar-refractivity contribution in [3.05, 3.63) is 95.6 Å². The number of nitrogens with one attached hydrogen (secondary N) is 1. The number of ether oxygens (including phenoxy) is 1. The van der Waals surface area contributed by atoms with Gasteiger partial charge in [-0.15, -0.1) is 13.2 Å². The lowest BCUT2D eigenvalue weighted by Gasteiger charge is -2.30. The first kappa shape index (κ1) is 24.6. The Hall–Kier alpha value is -3.52. The normalized spacial score (nSPS) is 16.0. The molecule has 0 radical (unpaired) electrons. The molecule has 0 aromatic heterocycles. The van der Waals surface area contributed by atoms with Gasteiger partial charge in [-0.3, -0.25) is 9.69 Å². The van der Waals surface area contributed by atoms with Gasteiger partial charge in [0.25, 0.3) is 0 Å². The summed E-state index contributed by atoms with van der Waals surface area (Å²) in [5.41, 5.74) is 2.97. The van der Waals surface area contributed by atoms with E-state index in [0.29, 0.717) is 38.0 Å². The Bertz CT molecular complexity index is 1130. The number of para-hydroxylation sites is 1. The van der Waals surface area contributed by atoms with Crippen molar-refractivity contribution in [2.75, 3.05) is 18.4 Å². The molecule has 0 saturated carbocycles. The molecule has 1 fully saturated rings. The minimum atomic E-state index is -4.80. The highest BCUT2D eigenvalue weighted by atomic mass is 19.4. The Morgan fingerprint density at radius 1 is 1.00 bits per heavy atom. The lowest BCUT2D eigenvalue weighted by molar-refractivity contribution is -0.274. The summed E-state index contributed by atoms with van der Waals surface area (Å²) in [4.78, 5) is 13.4. The van der Waals surface area contributed by atoms with Crippen LogP contribution in [0.25, 0.3) is 0 Å². The van der Waals surface area contributed by atoms with E-state index in [4.69, 9.17) is 0 Å². The maximum atomic E-state index is 13.1. The number of likely N-dealkylation sites (tertiary alicyclic amines) is 1. The molecule has 0 aliphatic carbocycles. The van der Waals surface area contributed by atoms with Crippen LogP contribution in [0.3, 0.4) is 0 Å². The molecule has 1 heterocycles. The number of nitrogens with zero attached hydrogens (tertiary/aromatic N) is 1. The summed E-state index contributed by atoms with van der Waals surface area (Å²) in [6.45, 7) is 2.10. The van der Waals surface area contributed by atoms with Crippen LogP contribution in [0.1, 0.15) is 35.6 Å². The van der Waals surface area contributed by atoms with E-state index in [1.807, 2.05) is 54.6 Å². The summed E-state index contributed by atoms with van der Waals surface area (Å²) in [7, 11) is 0. The van der Waals surface area contributed by atoms with Gasteiger partial charge in [-0.05, 0) is 55.3 Å². The average molecular weight is 485 g/mol. The van der Waals surface area contributed by atoms with Crippen molar-refractivity contribution >= 4 is 11.7 Å². The number of hydrogen-bond acceptors (Lipinski definition) is 4. The molecule has 3 aromatic rings. The SMILES string of the molecule is O=C(O)C1CCN(Cc2cccc(NC(c3ccccc3)c3ccccc3OC(F)(F)F)c2)CC1. The van der Waals surface area contributed by atoms with Gasteiger partial charge in [0.1, 0.15) is 5.75 Å². The predicted molar refractivity (Wildman–Crippen MR) is 127 cm³/mol. The second-order valence-electron chi connectivity index (χ2n) is 8.66. The van der Waals surface area contributed by atoms with Crippen LogP contribution in [0.15, 0.2) is 78.9 Å². The van der Waals surface area contributed by atoms with Gasteiger partial charge in [0.2, 0.25) is 0 Å². The highest BCUT2D eigenvalue weighted by Crippen LogP contribution is 2.35. The molecule has 184 valence electrons. The number of benzene rings is 3. The number of carboxylic acids is 1. The van der Waals surface area contributed by atoms with E-state index in [-0.39, 0.29) is 11.7 Å². The Balaban J connectivity index is 1.56. The van der Waals surface area contributed by atoms with Gasteiger partial charge < -0.3 is 15.2 Å². The van der Waals surface area contributed by atoms with Crippen LogP contribution >= 0.6 is 0 Å². The van der Waals surface area contributed by atoms with E-state index >= 15 is 0 Å². The van der Waals surface area contributed by atoms with Crippen LogP contribution in [-0.2, 0) is 11.3 Å².